The van der Waals surface area contributed by atoms with Crippen molar-refractivity contribution in [2.24, 2.45) is 11.7 Å². The Bertz CT molecular complexity index is 341. The maximum Gasteiger partial charge on any atom is 0.185 e. The molecule has 1 heterocycles. The van der Waals surface area contributed by atoms with E-state index in [2.05, 4.69) is 9.88 Å². The molecule has 0 aromatic carbocycles. The molecule has 0 atom stereocenters. The van der Waals surface area contributed by atoms with E-state index >= 15 is 0 Å². The SMILES string of the molecule is NCc1cnc(N(CC2CC2)C2CC2)s1. The van der Waals surface area contributed by atoms with Crippen LogP contribution in [-0.2, 0) is 6.54 Å². The minimum absolute atomic E-state index is 0.625. The van der Waals surface area contributed by atoms with Crippen LogP contribution in [0.1, 0.15) is 30.6 Å². The summed E-state index contributed by atoms with van der Waals surface area (Å²) in [5, 5.41) is 1.20. The van der Waals surface area contributed by atoms with Gasteiger partial charge in [0.25, 0.3) is 0 Å². The average molecular weight is 223 g/mol. The first kappa shape index (κ1) is 9.60. The smallest absolute Gasteiger partial charge is 0.185 e. The molecule has 3 rings (SSSR count). The fourth-order valence-corrected chi connectivity index (χ4v) is 2.74. The van der Waals surface area contributed by atoms with Crippen molar-refractivity contribution in [2.75, 3.05) is 11.4 Å². The molecule has 1 aromatic rings. The van der Waals surface area contributed by atoms with Gasteiger partial charge in [-0.3, -0.25) is 0 Å². The molecule has 2 aliphatic carbocycles. The Labute approximate surface area is 94.3 Å². The van der Waals surface area contributed by atoms with E-state index < -0.39 is 0 Å². The Morgan fingerprint density at radius 2 is 2.20 bits per heavy atom. The van der Waals surface area contributed by atoms with E-state index in [0.29, 0.717) is 6.54 Å². The zero-order chi connectivity index (χ0) is 10.3. The summed E-state index contributed by atoms with van der Waals surface area (Å²) in [4.78, 5) is 8.21. The number of anilines is 1. The van der Waals surface area contributed by atoms with Crippen LogP contribution in [0.15, 0.2) is 6.20 Å². The second-order valence-electron chi connectivity index (χ2n) is 4.64. The molecule has 2 saturated carbocycles. The number of aromatic nitrogens is 1. The number of hydrogen-bond donors (Lipinski definition) is 1. The molecule has 2 N–H and O–H groups in total. The van der Waals surface area contributed by atoms with E-state index in [4.69, 9.17) is 5.73 Å². The van der Waals surface area contributed by atoms with Crippen molar-refractivity contribution in [2.45, 2.75) is 38.3 Å². The number of rotatable bonds is 5. The highest BCUT2D eigenvalue weighted by Gasteiger charge is 2.35. The highest BCUT2D eigenvalue weighted by atomic mass is 32.1. The third kappa shape index (κ3) is 2.16. The number of hydrogen-bond acceptors (Lipinski definition) is 4. The van der Waals surface area contributed by atoms with E-state index in [0.717, 1.165) is 12.0 Å². The molecule has 0 bridgehead atoms. The van der Waals surface area contributed by atoms with Gasteiger partial charge in [0.2, 0.25) is 0 Å². The third-order valence-corrected chi connectivity index (χ3v) is 4.18. The van der Waals surface area contributed by atoms with Gasteiger partial charge in [0, 0.05) is 30.2 Å². The van der Waals surface area contributed by atoms with Crippen LogP contribution in [0.4, 0.5) is 5.13 Å². The van der Waals surface area contributed by atoms with E-state index in [9.17, 15) is 0 Å². The Morgan fingerprint density at radius 3 is 2.73 bits per heavy atom. The average Bonchev–Trinajstić information content (AvgIpc) is 3.14. The Morgan fingerprint density at radius 1 is 1.40 bits per heavy atom. The zero-order valence-electron chi connectivity index (χ0n) is 8.85. The van der Waals surface area contributed by atoms with Crippen molar-refractivity contribution in [1.29, 1.82) is 0 Å². The van der Waals surface area contributed by atoms with Gasteiger partial charge < -0.3 is 10.6 Å². The molecule has 3 nitrogen and oxygen atoms in total. The van der Waals surface area contributed by atoms with Gasteiger partial charge in [0.1, 0.15) is 0 Å². The molecule has 0 amide bonds. The molecule has 2 fully saturated rings. The summed E-state index contributed by atoms with van der Waals surface area (Å²) in [5.41, 5.74) is 5.62. The van der Waals surface area contributed by atoms with Gasteiger partial charge in [-0.1, -0.05) is 0 Å². The van der Waals surface area contributed by atoms with Gasteiger partial charge in [-0.25, -0.2) is 4.98 Å². The summed E-state index contributed by atoms with van der Waals surface area (Å²) in [5.74, 6) is 0.941. The van der Waals surface area contributed by atoms with Crippen molar-refractivity contribution in [3.8, 4) is 0 Å². The molecule has 1 aromatic heterocycles. The molecule has 82 valence electrons. The largest absolute Gasteiger partial charge is 0.345 e. The maximum atomic E-state index is 5.62. The van der Waals surface area contributed by atoms with E-state index in [1.165, 1.54) is 42.2 Å². The monoisotopic (exact) mass is 223 g/mol. The Balaban J connectivity index is 1.74. The van der Waals surface area contributed by atoms with Gasteiger partial charge in [0.15, 0.2) is 5.13 Å². The van der Waals surface area contributed by atoms with Crippen molar-refractivity contribution in [3.05, 3.63) is 11.1 Å². The summed E-state index contributed by atoms with van der Waals surface area (Å²) in [6.45, 7) is 1.85. The lowest BCUT2D eigenvalue weighted by Crippen LogP contribution is -2.27. The van der Waals surface area contributed by atoms with Gasteiger partial charge in [-0.05, 0) is 31.6 Å². The normalized spacial score (nSPS) is 20.6. The quantitative estimate of drug-likeness (QED) is 0.830. The fourth-order valence-electron chi connectivity index (χ4n) is 1.87. The maximum absolute atomic E-state index is 5.62. The number of nitrogens with two attached hydrogens (primary N) is 1. The first-order valence-corrected chi connectivity index (χ1v) is 6.60. The highest BCUT2D eigenvalue weighted by Crippen LogP contribution is 2.38. The first-order valence-electron chi connectivity index (χ1n) is 5.78. The predicted octanol–water partition coefficient (Wildman–Crippen LogP) is 1.98. The second kappa shape index (κ2) is 3.76. The van der Waals surface area contributed by atoms with Crippen molar-refractivity contribution < 1.29 is 0 Å². The van der Waals surface area contributed by atoms with E-state index in [1.54, 1.807) is 11.3 Å². The van der Waals surface area contributed by atoms with Gasteiger partial charge in [-0.15, -0.1) is 11.3 Å². The summed E-state index contributed by atoms with van der Waals surface area (Å²) < 4.78 is 0. The topological polar surface area (TPSA) is 42.1 Å². The molecule has 0 unspecified atom stereocenters. The molecule has 0 saturated heterocycles. The third-order valence-electron chi connectivity index (χ3n) is 3.13. The lowest BCUT2D eigenvalue weighted by atomic mass is 10.4. The van der Waals surface area contributed by atoms with E-state index in [-0.39, 0.29) is 0 Å². The van der Waals surface area contributed by atoms with E-state index in [1.807, 2.05) is 6.20 Å². The summed E-state index contributed by atoms with van der Waals surface area (Å²) in [6.07, 6.45) is 7.47. The van der Waals surface area contributed by atoms with Gasteiger partial charge >= 0.3 is 0 Å². The van der Waals surface area contributed by atoms with Crippen LogP contribution in [0.25, 0.3) is 0 Å². The van der Waals surface area contributed by atoms with Crippen LogP contribution < -0.4 is 10.6 Å². The van der Waals surface area contributed by atoms with Crippen LogP contribution in [0.5, 0.6) is 0 Å². The number of nitrogens with zero attached hydrogens (tertiary/aromatic N) is 2. The standard InChI is InChI=1S/C11H17N3S/c12-5-10-6-13-11(15-10)14(9-3-4-9)7-8-1-2-8/h6,8-9H,1-5,7,12H2. The van der Waals surface area contributed by atoms with Crippen LogP contribution in [0, 0.1) is 5.92 Å². The van der Waals surface area contributed by atoms with Crippen molar-refractivity contribution in [3.63, 3.8) is 0 Å². The fraction of sp³-hybridized carbons (Fsp3) is 0.727. The molecule has 0 spiro atoms. The van der Waals surface area contributed by atoms with Crippen LogP contribution in [-0.4, -0.2) is 17.6 Å². The van der Waals surface area contributed by atoms with Gasteiger partial charge in [-0.2, -0.15) is 0 Å². The predicted molar refractivity (Wildman–Crippen MR) is 63.1 cm³/mol. The molecule has 0 radical (unpaired) electrons. The summed E-state index contributed by atoms with van der Waals surface area (Å²) in [7, 11) is 0. The second-order valence-corrected chi connectivity index (χ2v) is 5.73. The highest BCUT2D eigenvalue weighted by molar-refractivity contribution is 7.15. The summed E-state index contributed by atoms with van der Waals surface area (Å²) in [6, 6.07) is 0.780. The zero-order valence-corrected chi connectivity index (χ0v) is 9.67. The number of thiazole rings is 1. The minimum atomic E-state index is 0.625. The lowest BCUT2D eigenvalue weighted by molar-refractivity contribution is 0.716. The van der Waals surface area contributed by atoms with Crippen LogP contribution in [0.3, 0.4) is 0 Å². The van der Waals surface area contributed by atoms with Crippen LogP contribution in [0.2, 0.25) is 0 Å². The Hall–Kier alpha value is -0.610. The molecule has 4 heteroatoms. The molecular formula is C11H17N3S. The summed E-state index contributed by atoms with van der Waals surface area (Å²) >= 11 is 1.77. The minimum Gasteiger partial charge on any atom is -0.345 e. The van der Waals surface area contributed by atoms with Crippen molar-refractivity contribution in [1.82, 2.24) is 4.98 Å². The van der Waals surface area contributed by atoms with Crippen LogP contribution >= 0.6 is 11.3 Å². The first-order chi connectivity index (χ1) is 7.36. The molecule has 15 heavy (non-hydrogen) atoms. The van der Waals surface area contributed by atoms with Crippen molar-refractivity contribution >= 4 is 16.5 Å². The molecular weight excluding hydrogens is 206 g/mol. The Kier molecular flexibility index (Phi) is 2.41. The molecule has 0 aliphatic heterocycles. The molecule has 2 aliphatic rings. The lowest BCUT2D eigenvalue weighted by Gasteiger charge is -2.20. The van der Waals surface area contributed by atoms with Gasteiger partial charge in [0.05, 0.1) is 0 Å².